The first-order chi connectivity index (χ1) is 8.65. The molecule has 0 bridgehead atoms. The monoisotopic (exact) mass is 248 g/mol. The van der Waals surface area contributed by atoms with Crippen molar-refractivity contribution in [2.75, 3.05) is 7.05 Å². The highest BCUT2D eigenvalue weighted by Crippen LogP contribution is 2.28. The maximum Gasteiger partial charge on any atom is 0.131 e. The average Bonchev–Trinajstić information content (AvgIpc) is 2.35. The second-order valence-corrected chi connectivity index (χ2v) is 4.09. The molecule has 0 fully saturated rings. The quantitative estimate of drug-likeness (QED) is 0.903. The van der Waals surface area contributed by atoms with Crippen LogP contribution in [-0.2, 0) is 0 Å². The number of nitrogens with one attached hydrogen (secondary N) is 1. The first kappa shape index (κ1) is 12.6. The first-order valence-corrected chi connectivity index (χ1v) is 5.67. The lowest BCUT2D eigenvalue weighted by Crippen LogP contribution is -2.21. The second-order valence-electron chi connectivity index (χ2n) is 4.09. The highest BCUT2D eigenvalue weighted by Gasteiger charge is 2.21. The van der Waals surface area contributed by atoms with Gasteiger partial charge in [-0.3, -0.25) is 4.98 Å². The standard InChI is InChI=1S/C14H14F2N2/c1-9-8-18-7-6-10(9)14(17-2)13-11(15)4-3-5-12(13)16/h3-8,14,17H,1-2H3. The molecule has 18 heavy (non-hydrogen) atoms. The summed E-state index contributed by atoms with van der Waals surface area (Å²) in [6.45, 7) is 1.87. The molecule has 1 atom stereocenters. The van der Waals surface area contributed by atoms with Crippen molar-refractivity contribution in [2.24, 2.45) is 0 Å². The summed E-state index contributed by atoms with van der Waals surface area (Å²) in [6.07, 6.45) is 3.30. The Morgan fingerprint density at radius 1 is 1.17 bits per heavy atom. The van der Waals surface area contributed by atoms with Crippen molar-refractivity contribution in [3.63, 3.8) is 0 Å². The number of rotatable bonds is 3. The number of halogens is 2. The lowest BCUT2D eigenvalue weighted by Gasteiger charge is -2.20. The molecule has 1 unspecified atom stereocenters. The molecular formula is C14H14F2N2. The van der Waals surface area contributed by atoms with Crippen LogP contribution < -0.4 is 5.32 Å². The average molecular weight is 248 g/mol. The fraction of sp³-hybridized carbons (Fsp3) is 0.214. The van der Waals surface area contributed by atoms with Crippen LogP contribution in [0.3, 0.4) is 0 Å². The predicted molar refractivity (Wildman–Crippen MR) is 66.2 cm³/mol. The first-order valence-electron chi connectivity index (χ1n) is 5.67. The number of aromatic nitrogens is 1. The molecule has 1 heterocycles. The van der Waals surface area contributed by atoms with Gasteiger partial charge in [0.15, 0.2) is 0 Å². The minimum Gasteiger partial charge on any atom is -0.309 e. The van der Waals surface area contributed by atoms with Gasteiger partial charge in [-0.2, -0.15) is 0 Å². The van der Waals surface area contributed by atoms with Crippen LogP contribution in [0.15, 0.2) is 36.7 Å². The van der Waals surface area contributed by atoms with Gasteiger partial charge in [0.2, 0.25) is 0 Å². The van der Waals surface area contributed by atoms with E-state index in [0.717, 1.165) is 11.1 Å². The summed E-state index contributed by atoms with van der Waals surface area (Å²) in [5, 5.41) is 2.95. The molecule has 0 spiro atoms. The van der Waals surface area contributed by atoms with Crippen molar-refractivity contribution in [1.29, 1.82) is 0 Å². The SMILES string of the molecule is CNC(c1ccncc1C)c1c(F)cccc1F. The van der Waals surface area contributed by atoms with Crippen LogP contribution in [0.2, 0.25) is 0 Å². The number of hydrogen-bond acceptors (Lipinski definition) is 2. The van der Waals surface area contributed by atoms with Gasteiger partial charge in [0, 0.05) is 18.0 Å². The van der Waals surface area contributed by atoms with Crippen molar-refractivity contribution < 1.29 is 8.78 Å². The zero-order valence-corrected chi connectivity index (χ0v) is 10.2. The summed E-state index contributed by atoms with van der Waals surface area (Å²) in [6, 6.07) is 5.13. The molecule has 0 saturated heterocycles. The highest BCUT2D eigenvalue weighted by atomic mass is 19.1. The summed E-state index contributed by atoms with van der Waals surface area (Å²) < 4.78 is 27.6. The van der Waals surface area contributed by atoms with E-state index >= 15 is 0 Å². The Bertz CT molecular complexity index is 535. The largest absolute Gasteiger partial charge is 0.309 e. The van der Waals surface area contributed by atoms with E-state index in [1.165, 1.54) is 18.2 Å². The summed E-state index contributed by atoms with van der Waals surface area (Å²) >= 11 is 0. The van der Waals surface area contributed by atoms with E-state index in [1.54, 1.807) is 25.5 Å². The van der Waals surface area contributed by atoms with Crippen LogP contribution in [0.5, 0.6) is 0 Å². The van der Waals surface area contributed by atoms with Gasteiger partial charge < -0.3 is 5.32 Å². The van der Waals surface area contributed by atoms with Gasteiger partial charge in [-0.25, -0.2) is 8.78 Å². The molecule has 0 radical (unpaired) electrons. The fourth-order valence-electron chi connectivity index (χ4n) is 2.05. The van der Waals surface area contributed by atoms with Crippen molar-refractivity contribution in [1.82, 2.24) is 10.3 Å². The van der Waals surface area contributed by atoms with E-state index in [9.17, 15) is 8.78 Å². The van der Waals surface area contributed by atoms with Crippen LogP contribution in [0.25, 0.3) is 0 Å². The van der Waals surface area contributed by atoms with E-state index in [0.29, 0.717) is 0 Å². The number of aryl methyl sites for hydroxylation is 1. The molecule has 2 nitrogen and oxygen atoms in total. The minimum atomic E-state index is -0.550. The lowest BCUT2D eigenvalue weighted by molar-refractivity contribution is 0.521. The van der Waals surface area contributed by atoms with Crippen LogP contribution in [0, 0.1) is 18.6 Å². The Kier molecular flexibility index (Phi) is 3.67. The Hall–Kier alpha value is -1.81. The maximum absolute atomic E-state index is 13.8. The zero-order chi connectivity index (χ0) is 13.1. The molecule has 1 aromatic carbocycles. The van der Waals surface area contributed by atoms with E-state index in [4.69, 9.17) is 0 Å². The molecule has 2 aromatic rings. The molecule has 4 heteroatoms. The second kappa shape index (κ2) is 5.23. The van der Waals surface area contributed by atoms with E-state index in [-0.39, 0.29) is 5.56 Å². The van der Waals surface area contributed by atoms with Gasteiger partial charge in [0.05, 0.1) is 6.04 Å². The highest BCUT2D eigenvalue weighted by molar-refractivity contribution is 5.36. The molecule has 94 valence electrons. The van der Waals surface area contributed by atoms with Gasteiger partial charge in [-0.15, -0.1) is 0 Å². The molecule has 0 amide bonds. The van der Waals surface area contributed by atoms with Gasteiger partial charge in [-0.05, 0) is 43.3 Å². The summed E-state index contributed by atoms with van der Waals surface area (Å²) in [5.41, 5.74) is 1.74. The minimum absolute atomic E-state index is 0.0364. The number of nitrogens with zero attached hydrogens (tertiary/aromatic N) is 1. The van der Waals surface area contributed by atoms with Crippen LogP contribution >= 0.6 is 0 Å². The molecule has 0 aliphatic carbocycles. The van der Waals surface area contributed by atoms with Crippen LogP contribution in [0.4, 0.5) is 8.78 Å². The smallest absolute Gasteiger partial charge is 0.131 e. The summed E-state index contributed by atoms with van der Waals surface area (Å²) in [7, 11) is 1.68. The summed E-state index contributed by atoms with van der Waals surface area (Å²) in [4.78, 5) is 3.98. The third-order valence-corrected chi connectivity index (χ3v) is 2.95. The number of benzene rings is 1. The van der Waals surface area contributed by atoms with Gasteiger partial charge in [0.25, 0.3) is 0 Å². The number of hydrogen-bond donors (Lipinski definition) is 1. The third-order valence-electron chi connectivity index (χ3n) is 2.95. The Morgan fingerprint density at radius 3 is 2.39 bits per heavy atom. The summed E-state index contributed by atoms with van der Waals surface area (Å²) in [5.74, 6) is -1.10. The number of pyridine rings is 1. The molecule has 0 aliphatic rings. The Morgan fingerprint density at radius 2 is 1.83 bits per heavy atom. The van der Waals surface area contributed by atoms with Crippen LogP contribution in [-0.4, -0.2) is 12.0 Å². The molecule has 2 rings (SSSR count). The van der Waals surface area contributed by atoms with Gasteiger partial charge >= 0.3 is 0 Å². The fourth-order valence-corrected chi connectivity index (χ4v) is 2.05. The maximum atomic E-state index is 13.8. The predicted octanol–water partition coefficient (Wildman–Crippen LogP) is 2.98. The van der Waals surface area contributed by atoms with Crippen molar-refractivity contribution >= 4 is 0 Å². The van der Waals surface area contributed by atoms with Crippen molar-refractivity contribution in [2.45, 2.75) is 13.0 Å². The van der Waals surface area contributed by atoms with E-state index in [2.05, 4.69) is 10.3 Å². The molecule has 1 aromatic heterocycles. The van der Waals surface area contributed by atoms with Gasteiger partial charge in [-0.1, -0.05) is 6.07 Å². The van der Waals surface area contributed by atoms with Crippen molar-refractivity contribution in [3.8, 4) is 0 Å². The molecule has 1 N–H and O–H groups in total. The van der Waals surface area contributed by atoms with Crippen molar-refractivity contribution in [3.05, 3.63) is 65.0 Å². The molecule has 0 aliphatic heterocycles. The lowest BCUT2D eigenvalue weighted by atomic mass is 9.95. The molecule has 0 saturated carbocycles. The van der Waals surface area contributed by atoms with Gasteiger partial charge in [0.1, 0.15) is 11.6 Å². The zero-order valence-electron chi connectivity index (χ0n) is 10.2. The van der Waals surface area contributed by atoms with Crippen LogP contribution in [0.1, 0.15) is 22.7 Å². The van der Waals surface area contributed by atoms with E-state index in [1.807, 2.05) is 6.92 Å². The Labute approximate surface area is 105 Å². The third kappa shape index (κ3) is 2.24. The Balaban J connectivity index is 2.56. The topological polar surface area (TPSA) is 24.9 Å². The van der Waals surface area contributed by atoms with E-state index < -0.39 is 17.7 Å². The normalized spacial score (nSPS) is 12.4. The molecular weight excluding hydrogens is 234 g/mol.